The van der Waals surface area contributed by atoms with Gasteiger partial charge in [-0.2, -0.15) is 0 Å². The lowest BCUT2D eigenvalue weighted by atomic mass is 9.48. The zero-order valence-corrected chi connectivity index (χ0v) is 16.2. The van der Waals surface area contributed by atoms with Crippen molar-refractivity contribution in [3.05, 3.63) is 23.3 Å². The van der Waals surface area contributed by atoms with Crippen LogP contribution in [0.2, 0.25) is 0 Å². The third-order valence-electron chi connectivity index (χ3n) is 6.39. The highest BCUT2D eigenvalue weighted by atomic mass is 16.5. The Balaban J connectivity index is 2.28. The third-order valence-corrected chi connectivity index (χ3v) is 6.39. The van der Waals surface area contributed by atoms with Gasteiger partial charge in [0, 0.05) is 19.1 Å². The monoisotopic (exact) mass is 348 g/mol. The molecule has 0 bridgehead atoms. The van der Waals surface area contributed by atoms with Gasteiger partial charge in [0.25, 0.3) is 0 Å². The standard InChI is InChI=1S/C21H32O4/c1-14-11-17(22)19-20(2,3)9-6-10-21(19,4)16(14)8-7-15(13-25-5)12-18(23)24/h11-12,16,19H,6-10,13H2,1-5H3,(H,23,24)/b15-12+/t16-,19-,21+/m1/s1. The minimum absolute atomic E-state index is 0.0196. The fourth-order valence-electron chi connectivity index (χ4n) is 5.55. The van der Waals surface area contributed by atoms with E-state index in [0.29, 0.717) is 18.9 Å². The molecule has 0 spiro atoms. The van der Waals surface area contributed by atoms with Crippen LogP contribution in [0.25, 0.3) is 0 Å². The fraction of sp³-hybridized carbons (Fsp3) is 0.714. The lowest BCUT2D eigenvalue weighted by Gasteiger charge is -2.55. The maximum Gasteiger partial charge on any atom is 0.328 e. The van der Waals surface area contributed by atoms with Crippen molar-refractivity contribution >= 4 is 11.8 Å². The molecule has 1 saturated carbocycles. The van der Waals surface area contributed by atoms with E-state index >= 15 is 0 Å². The maximum atomic E-state index is 12.8. The normalized spacial score (nSPS) is 32.1. The lowest BCUT2D eigenvalue weighted by molar-refractivity contribution is -0.136. The topological polar surface area (TPSA) is 63.6 Å². The van der Waals surface area contributed by atoms with Gasteiger partial charge in [-0.25, -0.2) is 4.79 Å². The summed E-state index contributed by atoms with van der Waals surface area (Å²) in [5, 5.41) is 9.05. The predicted molar refractivity (Wildman–Crippen MR) is 98.3 cm³/mol. The van der Waals surface area contributed by atoms with Crippen molar-refractivity contribution in [2.45, 2.75) is 59.8 Å². The Hall–Kier alpha value is -1.42. The van der Waals surface area contributed by atoms with Crippen molar-refractivity contribution in [3.8, 4) is 0 Å². The average Bonchev–Trinajstić information content (AvgIpc) is 2.44. The number of carboxylic acids is 1. The van der Waals surface area contributed by atoms with Crippen molar-refractivity contribution in [1.29, 1.82) is 0 Å². The van der Waals surface area contributed by atoms with Crippen LogP contribution in [0.15, 0.2) is 23.3 Å². The van der Waals surface area contributed by atoms with Gasteiger partial charge < -0.3 is 9.84 Å². The van der Waals surface area contributed by atoms with Gasteiger partial charge in [-0.15, -0.1) is 0 Å². The summed E-state index contributed by atoms with van der Waals surface area (Å²) in [7, 11) is 1.58. The van der Waals surface area contributed by atoms with Crippen LogP contribution in [0.3, 0.4) is 0 Å². The number of hydrogen-bond donors (Lipinski definition) is 1. The molecule has 0 unspecified atom stereocenters. The van der Waals surface area contributed by atoms with E-state index in [2.05, 4.69) is 27.7 Å². The highest BCUT2D eigenvalue weighted by Gasteiger charge is 2.55. The fourth-order valence-corrected chi connectivity index (χ4v) is 5.55. The van der Waals surface area contributed by atoms with Crippen molar-refractivity contribution < 1.29 is 19.4 Å². The molecule has 4 heteroatoms. The number of ketones is 1. The summed E-state index contributed by atoms with van der Waals surface area (Å²) >= 11 is 0. The van der Waals surface area contributed by atoms with E-state index in [0.717, 1.165) is 36.8 Å². The minimum Gasteiger partial charge on any atom is -0.478 e. The van der Waals surface area contributed by atoms with Crippen LogP contribution in [0.1, 0.15) is 59.8 Å². The zero-order valence-electron chi connectivity index (χ0n) is 16.2. The summed E-state index contributed by atoms with van der Waals surface area (Å²) in [6.45, 7) is 9.11. The highest BCUT2D eigenvalue weighted by molar-refractivity contribution is 5.94. The molecule has 25 heavy (non-hydrogen) atoms. The Morgan fingerprint density at radius 1 is 1.36 bits per heavy atom. The molecule has 2 aliphatic carbocycles. The summed E-state index contributed by atoms with van der Waals surface area (Å²) in [5.41, 5.74) is 1.92. The summed E-state index contributed by atoms with van der Waals surface area (Å²) in [5.74, 6) is -0.291. The number of carbonyl (C=O) groups excluding carboxylic acids is 1. The molecule has 0 aromatic carbocycles. The van der Waals surface area contributed by atoms with Gasteiger partial charge in [-0.05, 0) is 61.0 Å². The van der Waals surface area contributed by atoms with Crippen LogP contribution >= 0.6 is 0 Å². The molecule has 0 aromatic rings. The second kappa shape index (κ2) is 7.45. The highest BCUT2D eigenvalue weighted by Crippen LogP contribution is 2.59. The summed E-state index contributed by atoms with van der Waals surface area (Å²) in [6, 6.07) is 0. The van der Waals surface area contributed by atoms with Crippen LogP contribution in [-0.2, 0) is 14.3 Å². The van der Waals surface area contributed by atoms with Gasteiger partial charge >= 0.3 is 5.97 Å². The molecule has 4 nitrogen and oxygen atoms in total. The Morgan fingerprint density at radius 2 is 2.04 bits per heavy atom. The van der Waals surface area contributed by atoms with E-state index in [1.54, 1.807) is 7.11 Å². The number of ether oxygens (including phenoxy) is 1. The molecule has 0 saturated heterocycles. The predicted octanol–water partition coefficient (Wildman–Crippen LogP) is 4.40. The average molecular weight is 348 g/mol. The van der Waals surface area contributed by atoms with Crippen LogP contribution in [0.5, 0.6) is 0 Å². The van der Waals surface area contributed by atoms with Crippen LogP contribution < -0.4 is 0 Å². The molecular formula is C21H32O4. The summed E-state index contributed by atoms with van der Waals surface area (Å²) < 4.78 is 5.15. The Labute approximate surface area is 151 Å². The van der Waals surface area contributed by atoms with E-state index < -0.39 is 5.97 Å². The first-order valence-electron chi connectivity index (χ1n) is 9.25. The van der Waals surface area contributed by atoms with Crippen molar-refractivity contribution in [2.75, 3.05) is 13.7 Å². The van der Waals surface area contributed by atoms with Gasteiger partial charge in [0.05, 0.1) is 6.61 Å². The number of carbonyl (C=O) groups is 2. The van der Waals surface area contributed by atoms with Crippen molar-refractivity contribution in [1.82, 2.24) is 0 Å². The molecule has 1 N–H and O–H groups in total. The number of fused-ring (bicyclic) bond motifs is 1. The molecule has 140 valence electrons. The molecule has 0 aromatic heterocycles. The van der Waals surface area contributed by atoms with Crippen molar-refractivity contribution in [3.63, 3.8) is 0 Å². The van der Waals surface area contributed by atoms with Crippen LogP contribution in [0.4, 0.5) is 0 Å². The third kappa shape index (κ3) is 4.05. The van der Waals surface area contributed by atoms with Crippen LogP contribution in [0, 0.1) is 22.7 Å². The molecule has 0 radical (unpaired) electrons. The van der Waals surface area contributed by atoms with Gasteiger partial charge in [-0.3, -0.25) is 4.79 Å². The Kier molecular flexibility index (Phi) is 5.93. The first-order valence-corrected chi connectivity index (χ1v) is 9.25. The van der Waals surface area contributed by atoms with E-state index in [4.69, 9.17) is 9.84 Å². The summed E-state index contributed by atoms with van der Waals surface area (Å²) in [4.78, 5) is 23.8. The van der Waals surface area contributed by atoms with E-state index in [1.165, 1.54) is 6.08 Å². The van der Waals surface area contributed by atoms with Gasteiger partial charge in [-0.1, -0.05) is 32.8 Å². The molecule has 0 amide bonds. The molecule has 2 aliphatic rings. The molecule has 1 fully saturated rings. The molecule has 0 aliphatic heterocycles. The maximum absolute atomic E-state index is 12.8. The van der Waals surface area contributed by atoms with Crippen LogP contribution in [-0.4, -0.2) is 30.6 Å². The van der Waals surface area contributed by atoms with E-state index in [9.17, 15) is 9.59 Å². The largest absolute Gasteiger partial charge is 0.478 e. The molecular weight excluding hydrogens is 316 g/mol. The number of allylic oxidation sites excluding steroid dienone is 2. The number of carboxylic acid groups (broad SMARTS) is 1. The van der Waals surface area contributed by atoms with Gasteiger partial charge in [0.2, 0.25) is 0 Å². The van der Waals surface area contributed by atoms with Crippen molar-refractivity contribution in [2.24, 2.45) is 22.7 Å². The smallest absolute Gasteiger partial charge is 0.328 e. The quantitative estimate of drug-likeness (QED) is 0.723. The lowest BCUT2D eigenvalue weighted by Crippen LogP contribution is -2.52. The molecule has 3 atom stereocenters. The SMILES string of the molecule is COC/C(=C/C(=O)O)CC[C@@H]1C(C)=CC(=O)[C@@H]2C(C)(C)CCC[C@@]12C. The van der Waals surface area contributed by atoms with E-state index in [-0.39, 0.29) is 22.5 Å². The Morgan fingerprint density at radius 3 is 2.64 bits per heavy atom. The molecule has 2 rings (SSSR count). The molecule has 0 heterocycles. The Bertz CT molecular complexity index is 599. The van der Waals surface area contributed by atoms with E-state index in [1.807, 2.05) is 6.08 Å². The van der Waals surface area contributed by atoms with Gasteiger partial charge in [0.15, 0.2) is 5.78 Å². The zero-order chi connectivity index (χ0) is 18.8. The second-order valence-corrected chi connectivity index (χ2v) is 8.74. The number of aliphatic carboxylic acids is 1. The second-order valence-electron chi connectivity index (χ2n) is 8.74. The number of hydrogen-bond acceptors (Lipinski definition) is 3. The minimum atomic E-state index is -0.930. The first-order chi connectivity index (χ1) is 11.6. The first kappa shape index (κ1) is 19.9. The number of rotatable bonds is 6. The van der Waals surface area contributed by atoms with Gasteiger partial charge in [0.1, 0.15) is 0 Å². The summed E-state index contributed by atoms with van der Waals surface area (Å²) in [6.07, 6.45) is 7.96. The number of methoxy groups -OCH3 is 1.